The van der Waals surface area contributed by atoms with Crippen LogP contribution in [0.1, 0.15) is 1.43 Å². The van der Waals surface area contributed by atoms with Gasteiger partial charge in [0.15, 0.2) is 0 Å². The van der Waals surface area contributed by atoms with E-state index in [2.05, 4.69) is 0 Å². The molecule has 86 valence electrons. The number of carbonyl (C=O) groups is 1. The molecule has 0 aromatic carbocycles. The summed E-state index contributed by atoms with van der Waals surface area (Å²) in [6.07, 6.45) is -5.70. The van der Waals surface area contributed by atoms with Crippen LogP contribution in [0.15, 0.2) is 0 Å². The van der Waals surface area contributed by atoms with Crippen molar-refractivity contribution in [1.82, 2.24) is 4.72 Å². The Morgan fingerprint density at radius 1 is 1.07 bits per heavy atom. The summed E-state index contributed by atoms with van der Waals surface area (Å²) in [4.78, 5) is 9.81. The van der Waals surface area contributed by atoms with E-state index >= 15 is 0 Å². The van der Waals surface area contributed by atoms with E-state index in [0.717, 1.165) is 0 Å². The van der Waals surface area contributed by atoms with Gasteiger partial charge in [-0.15, -0.1) is 0 Å². The number of halogens is 6. The van der Waals surface area contributed by atoms with Gasteiger partial charge in [-0.3, -0.25) is 4.79 Å². The first-order chi connectivity index (χ1) is 5.88. The second-order valence-corrected chi connectivity index (χ2v) is 3.55. The molecule has 0 radical (unpaired) electrons. The first-order valence-corrected chi connectivity index (χ1v) is 4.06. The van der Waals surface area contributed by atoms with E-state index in [1.54, 1.807) is 0 Å². The Hall–Kier alpha value is 0.636. The number of sulfonamides is 1. The van der Waals surface area contributed by atoms with Gasteiger partial charge in [-0.2, -0.15) is 34.8 Å². The Balaban J connectivity index is -0.000000845. The molecular formula is C3H2F6KNO3S. The number of carbonyl (C=O) groups excluding carboxylic acids is 1. The smallest absolute Gasteiger partial charge is 1.00 e. The fraction of sp³-hybridized carbons (Fsp3) is 0.667. The molecule has 0 fully saturated rings. The van der Waals surface area contributed by atoms with Gasteiger partial charge < -0.3 is 1.43 Å². The second kappa shape index (κ2) is 5.31. The normalized spacial score (nSPS) is 12.9. The average molecular weight is 285 g/mol. The maximum absolute atomic E-state index is 11.4. The molecule has 0 aliphatic rings. The van der Waals surface area contributed by atoms with E-state index in [1.165, 1.54) is 0 Å². The third-order valence-corrected chi connectivity index (χ3v) is 1.85. The molecule has 0 saturated heterocycles. The summed E-state index contributed by atoms with van der Waals surface area (Å²) >= 11 is 0. The minimum absolute atomic E-state index is 0. The van der Waals surface area contributed by atoms with Crippen molar-refractivity contribution < 1.29 is 92.4 Å². The van der Waals surface area contributed by atoms with Crippen molar-refractivity contribution in [1.29, 1.82) is 0 Å². The number of amides is 1. The van der Waals surface area contributed by atoms with Crippen LogP contribution in [0, 0.1) is 0 Å². The maximum Gasteiger partial charge on any atom is 1.00 e. The van der Waals surface area contributed by atoms with E-state index in [1.807, 2.05) is 0 Å². The molecule has 0 rings (SSSR count). The molecule has 0 aromatic rings. The van der Waals surface area contributed by atoms with Gasteiger partial charge in [-0.25, -0.2) is 4.72 Å². The number of hydrogen-bond acceptors (Lipinski definition) is 3. The third kappa shape index (κ3) is 5.49. The number of alkyl halides is 6. The molecule has 12 heteroatoms. The molecule has 0 aliphatic heterocycles. The van der Waals surface area contributed by atoms with Gasteiger partial charge in [0.1, 0.15) is 0 Å². The summed E-state index contributed by atoms with van der Waals surface area (Å²) in [7, 11) is -6.30. The molecule has 0 atom stereocenters. The summed E-state index contributed by atoms with van der Waals surface area (Å²) < 4.78 is 87.9. The quantitative estimate of drug-likeness (QED) is 0.433. The molecule has 0 heterocycles. The van der Waals surface area contributed by atoms with Crippen LogP contribution in [-0.4, -0.2) is 26.0 Å². The van der Waals surface area contributed by atoms with E-state index in [0.29, 0.717) is 0 Å². The molecule has 1 amide bonds. The van der Waals surface area contributed by atoms with E-state index in [9.17, 15) is 39.6 Å². The SMILES string of the molecule is O=C(NS(=O)(=O)C(F)(F)F)C(F)(F)F.[H-].[K+]. The Morgan fingerprint density at radius 3 is 1.60 bits per heavy atom. The van der Waals surface area contributed by atoms with Gasteiger partial charge in [0.05, 0.1) is 0 Å². The first-order valence-electron chi connectivity index (χ1n) is 2.58. The van der Waals surface area contributed by atoms with E-state index < -0.39 is 27.6 Å². The zero-order valence-corrected chi connectivity index (χ0v) is 10.8. The molecule has 0 aliphatic carbocycles. The van der Waals surface area contributed by atoms with Crippen molar-refractivity contribution in [3.05, 3.63) is 0 Å². The van der Waals surface area contributed by atoms with Crippen LogP contribution in [0.4, 0.5) is 26.3 Å². The molecule has 0 bridgehead atoms. The number of hydrogen-bond donors (Lipinski definition) is 1. The average Bonchev–Trinajstić information content (AvgIpc) is 1.80. The van der Waals surface area contributed by atoms with Crippen LogP contribution >= 0.6 is 0 Å². The van der Waals surface area contributed by atoms with Crippen LogP contribution in [0.5, 0.6) is 0 Å². The molecule has 1 N–H and O–H groups in total. The van der Waals surface area contributed by atoms with Gasteiger partial charge in [0, 0.05) is 0 Å². The Morgan fingerprint density at radius 2 is 1.40 bits per heavy atom. The van der Waals surface area contributed by atoms with Crippen molar-refractivity contribution in [2.45, 2.75) is 11.7 Å². The predicted octanol–water partition coefficient (Wildman–Crippen LogP) is -2.37. The number of nitrogens with one attached hydrogen (secondary N) is 1. The van der Waals surface area contributed by atoms with Crippen molar-refractivity contribution in [2.24, 2.45) is 0 Å². The fourth-order valence-electron chi connectivity index (χ4n) is 0.238. The fourth-order valence-corrected chi connectivity index (χ4v) is 0.713. The largest absolute Gasteiger partial charge is 1.00 e. The van der Waals surface area contributed by atoms with Crippen molar-refractivity contribution in [3.63, 3.8) is 0 Å². The van der Waals surface area contributed by atoms with Gasteiger partial charge >= 0.3 is 79.0 Å². The van der Waals surface area contributed by atoms with Crippen LogP contribution < -0.4 is 56.1 Å². The number of rotatable bonds is 1. The summed E-state index contributed by atoms with van der Waals surface area (Å²) in [5.41, 5.74) is -5.96. The molecule has 0 spiro atoms. The minimum Gasteiger partial charge on any atom is -1.00 e. The Labute approximate surface area is 123 Å². The zero-order valence-electron chi connectivity index (χ0n) is 7.90. The molecule has 15 heavy (non-hydrogen) atoms. The van der Waals surface area contributed by atoms with Crippen LogP contribution in [0.3, 0.4) is 0 Å². The summed E-state index contributed by atoms with van der Waals surface area (Å²) in [6.45, 7) is 0. The van der Waals surface area contributed by atoms with Crippen molar-refractivity contribution in [2.75, 3.05) is 0 Å². The minimum atomic E-state index is -6.30. The summed E-state index contributed by atoms with van der Waals surface area (Å²) in [6, 6.07) is 0. The second-order valence-electron chi connectivity index (χ2n) is 1.88. The first kappa shape index (κ1) is 18.0. The van der Waals surface area contributed by atoms with Crippen LogP contribution in [0.2, 0.25) is 0 Å². The third-order valence-electron chi connectivity index (χ3n) is 0.789. The van der Waals surface area contributed by atoms with Gasteiger partial charge in [-0.05, 0) is 0 Å². The monoisotopic (exact) mass is 285 g/mol. The van der Waals surface area contributed by atoms with Gasteiger partial charge in [0.25, 0.3) is 0 Å². The standard InChI is InChI=1S/C3HF6NO3S.K.H/c4-2(5,6)1(11)10-14(12,13)3(7,8)9;;/h(H,10,11);;/q;+1;-1. The summed E-state index contributed by atoms with van der Waals surface area (Å²) in [5.74, 6) is -3.20. The summed E-state index contributed by atoms with van der Waals surface area (Å²) in [5, 5.41) is 0. The zero-order chi connectivity index (χ0) is 11.8. The Kier molecular flexibility index (Phi) is 6.38. The van der Waals surface area contributed by atoms with Crippen LogP contribution in [0.25, 0.3) is 0 Å². The van der Waals surface area contributed by atoms with E-state index in [-0.39, 0.29) is 57.5 Å². The van der Waals surface area contributed by atoms with E-state index in [4.69, 9.17) is 0 Å². The molecule has 4 nitrogen and oxygen atoms in total. The van der Waals surface area contributed by atoms with Crippen LogP contribution in [-0.2, 0) is 14.8 Å². The van der Waals surface area contributed by atoms with Gasteiger partial charge in [-0.1, -0.05) is 0 Å². The topological polar surface area (TPSA) is 63.2 Å². The van der Waals surface area contributed by atoms with Crippen molar-refractivity contribution >= 4 is 15.9 Å². The Bertz CT molecular complexity index is 336. The molecular weight excluding hydrogens is 283 g/mol. The molecule has 0 saturated carbocycles. The predicted molar refractivity (Wildman–Crippen MR) is 30.3 cm³/mol. The maximum atomic E-state index is 11.4. The molecule has 0 aromatic heterocycles. The van der Waals surface area contributed by atoms with Gasteiger partial charge in [0.2, 0.25) is 0 Å². The molecule has 0 unspecified atom stereocenters. The van der Waals surface area contributed by atoms with Crippen molar-refractivity contribution in [3.8, 4) is 0 Å².